The van der Waals surface area contributed by atoms with Gasteiger partial charge in [-0.05, 0) is 44.2 Å². The molecule has 0 aromatic heterocycles. The van der Waals surface area contributed by atoms with Crippen molar-refractivity contribution in [3.8, 4) is 17.2 Å². The van der Waals surface area contributed by atoms with Crippen molar-refractivity contribution in [3.63, 3.8) is 0 Å². The Kier molecular flexibility index (Phi) is 8.39. The molecule has 1 fully saturated rings. The molecule has 0 saturated carbocycles. The Balaban J connectivity index is 1.61. The number of likely N-dealkylation sites (tertiary alicyclic amines) is 1. The van der Waals surface area contributed by atoms with Gasteiger partial charge < -0.3 is 19.1 Å². The van der Waals surface area contributed by atoms with Gasteiger partial charge in [0.15, 0.2) is 11.5 Å². The topological polar surface area (TPSA) is 32.1 Å². The molecule has 25 heavy (non-hydrogen) atoms. The lowest BCUT2D eigenvalue weighted by atomic mass is 9.92. The van der Waals surface area contributed by atoms with Crippen LogP contribution in [-0.4, -0.2) is 40.5 Å². The normalized spacial score (nSPS) is 23.3. The van der Waals surface area contributed by atoms with Crippen LogP contribution in [0, 0.1) is 11.8 Å². The second kappa shape index (κ2) is 10.5. The molecule has 1 aliphatic heterocycles. The molecular formula is C21H36NO3+. The number of para-hydroxylation sites is 1. The maximum absolute atomic E-state index is 5.92. The van der Waals surface area contributed by atoms with E-state index in [1.807, 2.05) is 18.2 Å². The van der Waals surface area contributed by atoms with E-state index in [0.29, 0.717) is 12.4 Å². The molecule has 0 radical (unpaired) electrons. The second-order valence-electron chi connectivity index (χ2n) is 7.61. The molecule has 1 heterocycles. The number of nitrogens with one attached hydrogen (secondary N) is 1. The Morgan fingerprint density at radius 1 is 0.920 bits per heavy atom. The van der Waals surface area contributed by atoms with Crippen LogP contribution in [0.15, 0.2) is 18.2 Å². The van der Waals surface area contributed by atoms with Crippen LogP contribution >= 0.6 is 0 Å². The lowest BCUT2D eigenvalue weighted by Gasteiger charge is -2.32. The van der Waals surface area contributed by atoms with Crippen LogP contribution in [0.1, 0.15) is 46.0 Å². The summed E-state index contributed by atoms with van der Waals surface area (Å²) in [7, 11) is 3.32. The van der Waals surface area contributed by atoms with Crippen molar-refractivity contribution in [1.29, 1.82) is 0 Å². The number of benzene rings is 1. The molecule has 0 spiro atoms. The first-order valence-electron chi connectivity index (χ1n) is 9.81. The van der Waals surface area contributed by atoms with Gasteiger partial charge in [-0.1, -0.05) is 19.9 Å². The van der Waals surface area contributed by atoms with Crippen molar-refractivity contribution in [3.05, 3.63) is 18.2 Å². The molecule has 0 amide bonds. The van der Waals surface area contributed by atoms with Gasteiger partial charge in [-0.2, -0.15) is 0 Å². The largest absolute Gasteiger partial charge is 0.493 e. The number of rotatable bonds is 10. The van der Waals surface area contributed by atoms with Gasteiger partial charge in [-0.3, -0.25) is 0 Å². The fraction of sp³-hybridized carbons (Fsp3) is 0.714. The summed E-state index contributed by atoms with van der Waals surface area (Å²) in [5.74, 6) is 3.96. The first-order valence-corrected chi connectivity index (χ1v) is 9.81. The summed E-state index contributed by atoms with van der Waals surface area (Å²) >= 11 is 0. The molecule has 0 bridgehead atoms. The van der Waals surface area contributed by atoms with Crippen LogP contribution in [0.2, 0.25) is 0 Å². The Morgan fingerprint density at radius 3 is 2.12 bits per heavy atom. The Labute approximate surface area is 153 Å². The SMILES string of the molecule is COc1cccc(OC)c1OCCCCCC[NH+]1C[C@H](C)C[C@H](C)C1. The lowest BCUT2D eigenvalue weighted by Crippen LogP contribution is -3.14. The molecule has 4 nitrogen and oxygen atoms in total. The zero-order chi connectivity index (χ0) is 18.1. The van der Waals surface area contributed by atoms with E-state index in [4.69, 9.17) is 14.2 Å². The molecular weight excluding hydrogens is 314 g/mol. The predicted molar refractivity (Wildman–Crippen MR) is 102 cm³/mol. The molecule has 1 aromatic rings. The Hall–Kier alpha value is -1.42. The molecule has 1 aliphatic rings. The van der Waals surface area contributed by atoms with E-state index in [1.165, 1.54) is 45.3 Å². The number of piperidine rings is 1. The summed E-state index contributed by atoms with van der Waals surface area (Å²) < 4.78 is 16.6. The minimum Gasteiger partial charge on any atom is -0.493 e. The summed E-state index contributed by atoms with van der Waals surface area (Å²) in [4.78, 5) is 1.81. The van der Waals surface area contributed by atoms with Crippen molar-refractivity contribution in [2.75, 3.05) is 40.5 Å². The van der Waals surface area contributed by atoms with E-state index in [-0.39, 0.29) is 0 Å². The molecule has 1 saturated heterocycles. The van der Waals surface area contributed by atoms with E-state index < -0.39 is 0 Å². The van der Waals surface area contributed by atoms with Gasteiger partial charge in [0.05, 0.1) is 40.5 Å². The van der Waals surface area contributed by atoms with Gasteiger partial charge in [-0.15, -0.1) is 0 Å². The van der Waals surface area contributed by atoms with Crippen molar-refractivity contribution in [2.24, 2.45) is 11.8 Å². The van der Waals surface area contributed by atoms with Crippen molar-refractivity contribution >= 4 is 0 Å². The average molecular weight is 351 g/mol. The van der Waals surface area contributed by atoms with E-state index in [1.54, 1.807) is 19.1 Å². The van der Waals surface area contributed by atoms with Gasteiger partial charge in [0, 0.05) is 11.8 Å². The molecule has 1 aromatic carbocycles. The number of unbranched alkanes of at least 4 members (excludes halogenated alkanes) is 3. The van der Waals surface area contributed by atoms with Crippen LogP contribution in [0.5, 0.6) is 17.2 Å². The smallest absolute Gasteiger partial charge is 0.203 e. The molecule has 0 aliphatic carbocycles. The first-order chi connectivity index (χ1) is 12.1. The monoisotopic (exact) mass is 350 g/mol. The van der Waals surface area contributed by atoms with Gasteiger partial charge in [0.25, 0.3) is 0 Å². The number of hydrogen-bond acceptors (Lipinski definition) is 3. The predicted octanol–water partition coefficient (Wildman–Crippen LogP) is 3.20. The van der Waals surface area contributed by atoms with Crippen molar-refractivity contribution in [2.45, 2.75) is 46.0 Å². The van der Waals surface area contributed by atoms with Crippen LogP contribution in [0.3, 0.4) is 0 Å². The minimum absolute atomic E-state index is 0.710. The highest BCUT2D eigenvalue weighted by molar-refractivity contribution is 5.51. The number of ether oxygens (including phenoxy) is 3. The molecule has 142 valence electrons. The fourth-order valence-electron chi connectivity index (χ4n) is 4.09. The summed E-state index contributed by atoms with van der Waals surface area (Å²) in [6.07, 6.45) is 6.32. The minimum atomic E-state index is 0.710. The summed E-state index contributed by atoms with van der Waals surface area (Å²) in [6, 6.07) is 5.72. The van der Waals surface area contributed by atoms with Gasteiger partial charge in [0.2, 0.25) is 5.75 Å². The van der Waals surface area contributed by atoms with Gasteiger partial charge in [0.1, 0.15) is 0 Å². The summed E-state index contributed by atoms with van der Waals surface area (Å²) in [5.41, 5.74) is 0. The maximum atomic E-state index is 5.92. The number of hydrogen-bond donors (Lipinski definition) is 1. The van der Waals surface area contributed by atoms with Crippen LogP contribution in [0.4, 0.5) is 0 Å². The lowest BCUT2D eigenvalue weighted by molar-refractivity contribution is -0.912. The second-order valence-corrected chi connectivity index (χ2v) is 7.61. The fourth-order valence-corrected chi connectivity index (χ4v) is 4.09. The quantitative estimate of drug-likeness (QED) is 0.658. The molecule has 1 N–H and O–H groups in total. The standard InChI is InChI=1S/C21H35NO3/c1-17-14-18(2)16-22(15-17)12-7-5-6-8-13-25-21-19(23-3)10-9-11-20(21)24-4/h9-11,17-18H,5-8,12-16H2,1-4H3/p+1/t17-,18+. The highest BCUT2D eigenvalue weighted by Gasteiger charge is 2.24. The summed E-state index contributed by atoms with van der Waals surface area (Å²) in [6.45, 7) is 9.57. The Morgan fingerprint density at radius 2 is 1.52 bits per heavy atom. The molecule has 2 rings (SSSR count). The highest BCUT2D eigenvalue weighted by Crippen LogP contribution is 2.36. The number of methoxy groups -OCH3 is 2. The molecule has 3 atom stereocenters. The zero-order valence-corrected chi connectivity index (χ0v) is 16.5. The van der Waals surface area contributed by atoms with E-state index >= 15 is 0 Å². The van der Waals surface area contributed by atoms with Gasteiger partial charge in [-0.25, -0.2) is 0 Å². The van der Waals surface area contributed by atoms with E-state index in [2.05, 4.69) is 13.8 Å². The third-order valence-corrected chi connectivity index (χ3v) is 5.13. The summed E-state index contributed by atoms with van der Waals surface area (Å²) in [5, 5.41) is 0. The zero-order valence-electron chi connectivity index (χ0n) is 16.5. The van der Waals surface area contributed by atoms with Crippen LogP contribution in [-0.2, 0) is 0 Å². The number of quaternary nitrogens is 1. The van der Waals surface area contributed by atoms with E-state index in [9.17, 15) is 0 Å². The first kappa shape index (κ1) is 19.9. The highest BCUT2D eigenvalue weighted by atomic mass is 16.5. The maximum Gasteiger partial charge on any atom is 0.203 e. The molecule has 4 heteroatoms. The Bertz CT molecular complexity index is 474. The van der Waals surface area contributed by atoms with Gasteiger partial charge >= 0.3 is 0 Å². The molecule has 1 unspecified atom stereocenters. The third kappa shape index (κ3) is 6.43. The average Bonchev–Trinajstić information content (AvgIpc) is 2.59. The third-order valence-electron chi connectivity index (χ3n) is 5.13. The van der Waals surface area contributed by atoms with Crippen LogP contribution in [0.25, 0.3) is 0 Å². The van der Waals surface area contributed by atoms with Crippen molar-refractivity contribution in [1.82, 2.24) is 0 Å². The van der Waals surface area contributed by atoms with E-state index in [0.717, 1.165) is 29.8 Å². The van der Waals surface area contributed by atoms with Crippen LogP contribution < -0.4 is 19.1 Å². The van der Waals surface area contributed by atoms with Crippen molar-refractivity contribution < 1.29 is 19.1 Å².